The summed E-state index contributed by atoms with van der Waals surface area (Å²) in [6, 6.07) is 4.49. The highest BCUT2D eigenvalue weighted by Gasteiger charge is 2.13. The van der Waals surface area contributed by atoms with Crippen molar-refractivity contribution in [3.05, 3.63) is 40.7 Å². The molecule has 0 radical (unpaired) electrons. The van der Waals surface area contributed by atoms with E-state index in [4.69, 9.17) is 11.6 Å². The number of alkyl halides is 3. The van der Waals surface area contributed by atoms with E-state index in [0.717, 1.165) is 12.1 Å². The Morgan fingerprint density at radius 3 is 2.86 bits per heavy atom. The lowest BCUT2D eigenvalue weighted by molar-refractivity contribution is -0.0505. The van der Waals surface area contributed by atoms with E-state index in [1.54, 1.807) is 16.9 Å². The van der Waals surface area contributed by atoms with Gasteiger partial charge >= 0.3 is 6.61 Å². The van der Waals surface area contributed by atoms with Gasteiger partial charge in [-0.25, -0.2) is 4.68 Å². The van der Waals surface area contributed by atoms with Crippen molar-refractivity contribution < 1.29 is 13.5 Å². The number of halogens is 4. The minimum absolute atomic E-state index is 0.0809. The van der Waals surface area contributed by atoms with Gasteiger partial charge in [0, 0.05) is 16.8 Å². The Balaban J connectivity index is 2.22. The summed E-state index contributed by atoms with van der Waals surface area (Å²) in [4.78, 5) is 0.113. The second-order valence-corrected chi connectivity index (χ2v) is 5.89. The molecule has 0 fully saturated rings. The first-order valence-electron chi connectivity index (χ1n) is 6.27. The van der Waals surface area contributed by atoms with E-state index in [1.807, 2.05) is 6.92 Å². The van der Waals surface area contributed by atoms with Crippen LogP contribution in [0.5, 0.6) is 5.75 Å². The predicted octanol–water partition coefficient (Wildman–Crippen LogP) is 4.43. The van der Waals surface area contributed by atoms with E-state index in [1.165, 1.54) is 12.1 Å². The van der Waals surface area contributed by atoms with Gasteiger partial charge in [0.2, 0.25) is 0 Å². The summed E-state index contributed by atoms with van der Waals surface area (Å²) >= 11 is 9.38. The van der Waals surface area contributed by atoms with Crippen LogP contribution < -0.4 is 4.74 Å². The first kappa shape index (κ1) is 16.2. The molecule has 2 aromatic rings. The lowest BCUT2D eigenvalue weighted by atomic mass is 10.2. The van der Waals surface area contributed by atoms with Crippen molar-refractivity contribution in [2.24, 2.45) is 0 Å². The Morgan fingerprint density at radius 1 is 1.43 bits per heavy atom. The van der Waals surface area contributed by atoms with E-state index >= 15 is 0 Å². The molecule has 114 valence electrons. The highest BCUT2D eigenvalue weighted by atomic mass is 79.9. The van der Waals surface area contributed by atoms with Crippen molar-refractivity contribution in [1.29, 1.82) is 0 Å². The van der Waals surface area contributed by atoms with E-state index in [9.17, 15) is 8.78 Å². The van der Waals surface area contributed by atoms with Crippen LogP contribution >= 0.6 is 27.5 Å². The summed E-state index contributed by atoms with van der Waals surface area (Å²) in [7, 11) is 0. The third-order valence-electron chi connectivity index (χ3n) is 2.81. The zero-order valence-corrected chi connectivity index (χ0v) is 13.5. The molecule has 8 heteroatoms. The lowest BCUT2D eigenvalue weighted by Gasteiger charge is -2.10. The van der Waals surface area contributed by atoms with Crippen LogP contribution in [0, 0.1) is 0 Å². The quantitative estimate of drug-likeness (QED) is 0.696. The van der Waals surface area contributed by atoms with Crippen LogP contribution in [0.3, 0.4) is 0 Å². The number of benzene rings is 1. The highest BCUT2D eigenvalue weighted by Crippen LogP contribution is 2.27. The number of rotatable bonds is 6. The summed E-state index contributed by atoms with van der Waals surface area (Å²) in [6.07, 6.45) is 2.63. The molecule has 4 nitrogen and oxygen atoms in total. The van der Waals surface area contributed by atoms with Gasteiger partial charge in [0.25, 0.3) is 0 Å². The molecule has 0 saturated heterocycles. The van der Waals surface area contributed by atoms with Crippen LogP contribution in [0.1, 0.15) is 29.4 Å². The highest BCUT2D eigenvalue weighted by molar-refractivity contribution is 9.09. The van der Waals surface area contributed by atoms with Crippen LogP contribution in [0.2, 0.25) is 5.02 Å². The number of hydrogen-bond donors (Lipinski definition) is 0. The molecule has 0 aliphatic rings. The maximum atomic E-state index is 12.4. The fourth-order valence-electron chi connectivity index (χ4n) is 1.80. The minimum atomic E-state index is -2.89. The molecule has 2 rings (SSSR count). The van der Waals surface area contributed by atoms with E-state index in [0.29, 0.717) is 10.6 Å². The molecule has 1 heterocycles. The van der Waals surface area contributed by atoms with Gasteiger partial charge in [0.05, 0.1) is 17.1 Å². The molecule has 0 spiro atoms. The molecular weight excluding hydrogens is 368 g/mol. The third kappa shape index (κ3) is 4.38. The second kappa shape index (κ2) is 7.17. The molecule has 1 aromatic heterocycles. The molecule has 1 atom stereocenters. The summed E-state index contributed by atoms with van der Waals surface area (Å²) in [6.45, 7) is -0.619. The Bertz CT molecular complexity index is 609. The summed E-state index contributed by atoms with van der Waals surface area (Å²) < 4.78 is 30.8. The number of nitrogens with zero attached hydrogens (tertiary/aromatic N) is 3. The van der Waals surface area contributed by atoms with E-state index in [2.05, 4.69) is 31.0 Å². The van der Waals surface area contributed by atoms with Crippen LogP contribution in [0.25, 0.3) is 0 Å². The SMILES string of the molecule is CCC(Br)c1cn(Cc2cc(Cl)ccc2OC(F)F)nn1. The second-order valence-electron chi connectivity index (χ2n) is 4.35. The predicted molar refractivity (Wildman–Crippen MR) is 79.2 cm³/mol. The minimum Gasteiger partial charge on any atom is -0.434 e. The molecule has 0 bridgehead atoms. The van der Waals surface area contributed by atoms with Crippen LogP contribution in [-0.4, -0.2) is 21.6 Å². The summed E-state index contributed by atoms with van der Waals surface area (Å²) in [5.41, 5.74) is 1.30. The van der Waals surface area contributed by atoms with Crippen molar-refractivity contribution in [3.63, 3.8) is 0 Å². The molecule has 0 aliphatic heterocycles. The Labute approximate surface area is 134 Å². The topological polar surface area (TPSA) is 39.9 Å². The first-order chi connectivity index (χ1) is 9.99. The Morgan fingerprint density at radius 2 is 2.19 bits per heavy atom. The Hall–Kier alpha value is -1.21. The summed E-state index contributed by atoms with van der Waals surface area (Å²) in [5.74, 6) is 0.0809. The van der Waals surface area contributed by atoms with Gasteiger partial charge in [0.15, 0.2) is 0 Å². The monoisotopic (exact) mass is 379 g/mol. The molecule has 0 saturated carbocycles. The molecular formula is C13H13BrClF2N3O. The fourth-order valence-corrected chi connectivity index (χ4v) is 2.20. The smallest absolute Gasteiger partial charge is 0.387 e. The average Bonchev–Trinajstić information content (AvgIpc) is 2.89. The molecule has 0 N–H and O–H groups in total. The molecule has 21 heavy (non-hydrogen) atoms. The Kier molecular flexibility index (Phi) is 5.52. The van der Waals surface area contributed by atoms with Gasteiger partial charge < -0.3 is 4.74 Å². The van der Waals surface area contributed by atoms with Crippen molar-refractivity contribution >= 4 is 27.5 Å². The standard InChI is InChI=1S/C13H13BrClF2N3O/c1-2-10(14)11-7-20(19-18-11)6-8-5-9(15)3-4-12(8)21-13(16)17/h3-5,7,10,13H,2,6H2,1H3. The lowest BCUT2D eigenvalue weighted by Crippen LogP contribution is -2.07. The zero-order chi connectivity index (χ0) is 15.4. The molecule has 0 aliphatic carbocycles. The van der Waals surface area contributed by atoms with Crippen molar-refractivity contribution in [2.45, 2.75) is 31.3 Å². The van der Waals surface area contributed by atoms with E-state index < -0.39 is 6.61 Å². The zero-order valence-electron chi connectivity index (χ0n) is 11.1. The average molecular weight is 381 g/mol. The molecule has 1 unspecified atom stereocenters. The third-order valence-corrected chi connectivity index (χ3v) is 4.16. The number of hydrogen-bond acceptors (Lipinski definition) is 3. The van der Waals surface area contributed by atoms with Gasteiger partial charge in [-0.15, -0.1) is 5.10 Å². The maximum absolute atomic E-state index is 12.4. The van der Waals surface area contributed by atoms with Gasteiger partial charge in [-0.3, -0.25) is 0 Å². The summed E-state index contributed by atoms with van der Waals surface area (Å²) in [5, 5.41) is 8.46. The van der Waals surface area contributed by atoms with Gasteiger partial charge in [-0.05, 0) is 24.6 Å². The van der Waals surface area contributed by atoms with Gasteiger partial charge in [0.1, 0.15) is 5.75 Å². The molecule has 1 aromatic carbocycles. The molecule has 0 amide bonds. The normalized spacial score (nSPS) is 12.7. The fraction of sp³-hybridized carbons (Fsp3) is 0.385. The number of ether oxygens (including phenoxy) is 1. The van der Waals surface area contributed by atoms with Crippen molar-refractivity contribution in [2.75, 3.05) is 0 Å². The van der Waals surface area contributed by atoms with Crippen molar-refractivity contribution in [3.8, 4) is 5.75 Å². The van der Waals surface area contributed by atoms with Crippen LogP contribution in [0.4, 0.5) is 8.78 Å². The maximum Gasteiger partial charge on any atom is 0.387 e. The van der Waals surface area contributed by atoms with Crippen LogP contribution in [0.15, 0.2) is 24.4 Å². The first-order valence-corrected chi connectivity index (χ1v) is 7.56. The number of aromatic nitrogens is 3. The van der Waals surface area contributed by atoms with Crippen LogP contribution in [-0.2, 0) is 6.54 Å². The van der Waals surface area contributed by atoms with E-state index in [-0.39, 0.29) is 17.1 Å². The van der Waals surface area contributed by atoms with Gasteiger partial charge in [-0.2, -0.15) is 8.78 Å². The van der Waals surface area contributed by atoms with Crippen molar-refractivity contribution in [1.82, 2.24) is 15.0 Å². The van der Waals surface area contributed by atoms with Gasteiger partial charge in [-0.1, -0.05) is 39.7 Å². The largest absolute Gasteiger partial charge is 0.434 e.